The lowest BCUT2D eigenvalue weighted by atomic mass is 10.1. The van der Waals surface area contributed by atoms with Crippen molar-refractivity contribution in [1.29, 1.82) is 0 Å². The van der Waals surface area contributed by atoms with E-state index in [0.717, 1.165) is 24.3 Å². The van der Waals surface area contributed by atoms with Crippen molar-refractivity contribution < 1.29 is 0 Å². The van der Waals surface area contributed by atoms with Crippen molar-refractivity contribution >= 4 is 16.6 Å². The number of anilines is 1. The Bertz CT molecular complexity index is 502. The van der Waals surface area contributed by atoms with Crippen LogP contribution >= 0.6 is 0 Å². The van der Waals surface area contributed by atoms with E-state index in [1.54, 1.807) is 0 Å². The van der Waals surface area contributed by atoms with Gasteiger partial charge in [0, 0.05) is 25.5 Å². The molecule has 82 valence electrons. The predicted molar refractivity (Wildman–Crippen MR) is 64.6 cm³/mol. The Morgan fingerprint density at radius 1 is 1.31 bits per heavy atom. The van der Waals surface area contributed by atoms with E-state index in [2.05, 4.69) is 33.5 Å². The highest BCUT2D eigenvalue weighted by Crippen LogP contribution is 2.25. The van der Waals surface area contributed by atoms with Gasteiger partial charge < -0.3 is 10.2 Å². The maximum absolute atomic E-state index is 4.14. The van der Waals surface area contributed by atoms with Crippen LogP contribution < -0.4 is 10.2 Å². The zero-order chi connectivity index (χ0) is 11.0. The minimum atomic E-state index is 0.576. The van der Waals surface area contributed by atoms with Crippen LogP contribution in [0.15, 0.2) is 30.5 Å². The zero-order valence-electron chi connectivity index (χ0n) is 9.22. The number of rotatable bonds is 2. The van der Waals surface area contributed by atoms with Gasteiger partial charge in [-0.1, -0.05) is 18.2 Å². The van der Waals surface area contributed by atoms with Crippen LogP contribution in [0.3, 0.4) is 0 Å². The molecule has 4 nitrogen and oxygen atoms in total. The molecule has 0 saturated carbocycles. The molecule has 16 heavy (non-hydrogen) atoms. The van der Waals surface area contributed by atoms with Gasteiger partial charge in [0.2, 0.25) is 0 Å². The normalized spacial score (nSPS) is 16.1. The molecule has 1 saturated heterocycles. The van der Waals surface area contributed by atoms with Gasteiger partial charge in [-0.25, -0.2) is 0 Å². The first kappa shape index (κ1) is 9.54. The van der Waals surface area contributed by atoms with E-state index in [1.807, 2.05) is 24.4 Å². The third kappa shape index (κ3) is 1.42. The van der Waals surface area contributed by atoms with Crippen LogP contribution in [0.2, 0.25) is 0 Å². The Morgan fingerprint density at radius 3 is 2.88 bits per heavy atom. The summed E-state index contributed by atoms with van der Waals surface area (Å²) in [4.78, 5) is 2.29. The molecule has 1 aromatic carbocycles. The SMILES string of the molecule is CN(c1cnnc2ccccc12)C1CNC1. The van der Waals surface area contributed by atoms with Crippen LogP contribution in [0.1, 0.15) is 0 Å². The fourth-order valence-electron chi connectivity index (χ4n) is 2.02. The van der Waals surface area contributed by atoms with Gasteiger partial charge in [0.05, 0.1) is 23.4 Å². The standard InChI is InChI=1S/C12H14N4/c1-16(9-6-13-7-9)12-8-14-15-11-5-3-2-4-10(11)12/h2-5,8-9,13H,6-7H2,1H3. The van der Waals surface area contributed by atoms with Gasteiger partial charge >= 0.3 is 0 Å². The van der Waals surface area contributed by atoms with Gasteiger partial charge in [0.1, 0.15) is 0 Å². The molecule has 1 N–H and O–H groups in total. The average Bonchev–Trinajstić information content (AvgIpc) is 2.26. The minimum Gasteiger partial charge on any atom is -0.367 e. The molecule has 0 amide bonds. The summed E-state index contributed by atoms with van der Waals surface area (Å²) >= 11 is 0. The lowest BCUT2D eigenvalue weighted by Crippen LogP contribution is -2.56. The molecule has 0 spiro atoms. The Hall–Kier alpha value is -1.68. The molecule has 1 aliphatic rings. The number of hydrogen-bond acceptors (Lipinski definition) is 4. The number of likely N-dealkylation sites (N-methyl/N-ethyl adjacent to an activating group) is 1. The van der Waals surface area contributed by atoms with Gasteiger partial charge in [0.15, 0.2) is 0 Å². The van der Waals surface area contributed by atoms with E-state index in [4.69, 9.17) is 0 Å². The van der Waals surface area contributed by atoms with E-state index in [1.165, 1.54) is 5.39 Å². The molecule has 2 heterocycles. The van der Waals surface area contributed by atoms with Crippen molar-refractivity contribution in [2.75, 3.05) is 25.0 Å². The lowest BCUT2D eigenvalue weighted by molar-refractivity contribution is 0.429. The average molecular weight is 214 g/mol. The quantitative estimate of drug-likeness (QED) is 0.811. The molecule has 0 bridgehead atoms. The summed E-state index contributed by atoms with van der Waals surface area (Å²) in [5.41, 5.74) is 2.12. The van der Waals surface area contributed by atoms with E-state index in [9.17, 15) is 0 Å². The van der Waals surface area contributed by atoms with Gasteiger partial charge in [-0.3, -0.25) is 0 Å². The molecule has 1 fully saturated rings. The molecule has 0 unspecified atom stereocenters. The fourth-order valence-corrected chi connectivity index (χ4v) is 2.02. The molecule has 0 atom stereocenters. The van der Waals surface area contributed by atoms with Crippen molar-refractivity contribution in [3.05, 3.63) is 30.5 Å². The van der Waals surface area contributed by atoms with Crippen LogP contribution in [0.25, 0.3) is 10.9 Å². The fraction of sp³-hybridized carbons (Fsp3) is 0.333. The van der Waals surface area contributed by atoms with E-state index >= 15 is 0 Å². The Kier molecular flexibility index (Phi) is 2.22. The first-order chi connectivity index (χ1) is 7.86. The second-order valence-electron chi connectivity index (χ2n) is 4.17. The molecule has 2 aromatic rings. The number of benzene rings is 1. The Morgan fingerprint density at radius 2 is 2.12 bits per heavy atom. The number of nitrogens with zero attached hydrogens (tertiary/aromatic N) is 3. The molecule has 4 heteroatoms. The predicted octanol–water partition coefficient (Wildman–Crippen LogP) is 1.04. The van der Waals surface area contributed by atoms with Crippen LogP contribution in [-0.2, 0) is 0 Å². The third-order valence-electron chi connectivity index (χ3n) is 3.21. The van der Waals surface area contributed by atoms with Crippen LogP contribution in [0.5, 0.6) is 0 Å². The summed E-state index contributed by atoms with van der Waals surface area (Å²) < 4.78 is 0. The lowest BCUT2D eigenvalue weighted by Gasteiger charge is -2.37. The van der Waals surface area contributed by atoms with Crippen molar-refractivity contribution in [3.63, 3.8) is 0 Å². The number of aromatic nitrogens is 2. The zero-order valence-corrected chi connectivity index (χ0v) is 9.22. The Balaban J connectivity index is 2.08. The summed E-state index contributed by atoms with van der Waals surface area (Å²) in [7, 11) is 2.12. The summed E-state index contributed by atoms with van der Waals surface area (Å²) in [6.07, 6.45) is 1.85. The molecule has 1 aliphatic heterocycles. The highest BCUT2D eigenvalue weighted by atomic mass is 15.2. The maximum atomic E-state index is 4.14. The van der Waals surface area contributed by atoms with Crippen molar-refractivity contribution in [3.8, 4) is 0 Å². The van der Waals surface area contributed by atoms with Gasteiger partial charge in [-0.05, 0) is 6.07 Å². The minimum absolute atomic E-state index is 0.576. The summed E-state index contributed by atoms with van der Waals surface area (Å²) in [5.74, 6) is 0. The summed E-state index contributed by atoms with van der Waals surface area (Å²) in [6, 6.07) is 8.71. The van der Waals surface area contributed by atoms with Crippen molar-refractivity contribution in [1.82, 2.24) is 15.5 Å². The first-order valence-electron chi connectivity index (χ1n) is 5.50. The van der Waals surface area contributed by atoms with E-state index in [0.29, 0.717) is 6.04 Å². The van der Waals surface area contributed by atoms with Crippen LogP contribution in [0, 0.1) is 0 Å². The summed E-state index contributed by atoms with van der Waals surface area (Å²) in [5, 5.41) is 12.7. The molecule has 0 aliphatic carbocycles. The number of hydrogen-bond donors (Lipinski definition) is 1. The second kappa shape index (κ2) is 3.72. The molecule has 1 aromatic heterocycles. The monoisotopic (exact) mass is 214 g/mol. The Labute approximate surface area is 94.3 Å². The molecule has 3 rings (SSSR count). The third-order valence-corrected chi connectivity index (χ3v) is 3.21. The second-order valence-corrected chi connectivity index (χ2v) is 4.17. The van der Waals surface area contributed by atoms with Gasteiger partial charge in [-0.2, -0.15) is 10.2 Å². The van der Waals surface area contributed by atoms with E-state index < -0.39 is 0 Å². The molecular weight excluding hydrogens is 200 g/mol. The first-order valence-corrected chi connectivity index (χ1v) is 5.50. The van der Waals surface area contributed by atoms with E-state index in [-0.39, 0.29) is 0 Å². The number of fused-ring (bicyclic) bond motifs is 1. The van der Waals surface area contributed by atoms with Gasteiger partial charge in [-0.15, -0.1) is 0 Å². The highest BCUT2D eigenvalue weighted by Gasteiger charge is 2.23. The van der Waals surface area contributed by atoms with Crippen LogP contribution in [0.4, 0.5) is 5.69 Å². The van der Waals surface area contributed by atoms with Crippen molar-refractivity contribution in [2.45, 2.75) is 6.04 Å². The van der Waals surface area contributed by atoms with Crippen molar-refractivity contribution in [2.24, 2.45) is 0 Å². The smallest absolute Gasteiger partial charge is 0.0950 e. The topological polar surface area (TPSA) is 41.1 Å². The molecular formula is C12H14N4. The maximum Gasteiger partial charge on any atom is 0.0950 e. The van der Waals surface area contributed by atoms with Gasteiger partial charge in [0.25, 0.3) is 0 Å². The molecule has 0 radical (unpaired) electrons. The summed E-state index contributed by atoms with van der Waals surface area (Å²) in [6.45, 7) is 2.10. The highest BCUT2D eigenvalue weighted by molar-refractivity contribution is 5.90. The largest absolute Gasteiger partial charge is 0.367 e. The number of nitrogens with one attached hydrogen (secondary N) is 1. The van der Waals surface area contributed by atoms with Crippen LogP contribution in [-0.4, -0.2) is 36.4 Å².